The molecule has 4 amide bonds. The normalized spacial score (nSPS) is 26.5. The third kappa shape index (κ3) is 6.11. The molecule has 0 spiro atoms. The Hall–Kier alpha value is -4.31. The van der Waals surface area contributed by atoms with Gasteiger partial charge in [0, 0.05) is 41.8 Å². The van der Waals surface area contributed by atoms with Crippen molar-refractivity contribution in [2.45, 2.75) is 50.6 Å². The fourth-order valence-electron chi connectivity index (χ4n) is 7.19. The standard InChI is InChI=1S/C35H38N6O5S/c1-21-15-25(46-24-8-4-3-5-9-24)10-11-26(21)41-27-12-13-37-32-28(27)29(39-34(41)44)30(47-32)31(42)38-23-7-6-14-40(18-23)33(43)22(17-36)16-35(2)19-45-20-35/h3-5,8-11,15-16,23,27-28,32,37H,6-7,12-14,18-20H2,1-2H3,(H,38,42)(H,39,44)/b22-16+/t23-,27?,28?,32?/m1/s1. The third-order valence-electron chi connectivity index (χ3n) is 9.51. The first-order valence-electron chi connectivity index (χ1n) is 16.1. The van der Waals surface area contributed by atoms with E-state index in [1.165, 1.54) is 11.8 Å². The van der Waals surface area contributed by atoms with Crippen LogP contribution >= 0.6 is 11.8 Å². The lowest BCUT2D eigenvalue weighted by atomic mass is 9.86. The molecule has 5 heterocycles. The van der Waals surface area contributed by atoms with Crippen molar-refractivity contribution in [2.24, 2.45) is 11.3 Å². The fourth-order valence-corrected chi connectivity index (χ4v) is 8.59. The van der Waals surface area contributed by atoms with E-state index in [0.717, 1.165) is 36.4 Å². The zero-order valence-corrected chi connectivity index (χ0v) is 27.3. The van der Waals surface area contributed by atoms with Gasteiger partial charge in [0.1, 0.15) is 23.1 Å². The van der Waals surface area contributed by atoms with Crippen LogP contribution in [0.1, 0.15) is 31.7 Å². The van der Waals surface area contributed by atoms with Crippen molar-refractivity contribution in [2.75, 3.05) is 37.7 Å². The van der Waals surface area contributed by atoms with E-state index < -0.39 is 0 Å². The summed E-state index contributed by atoms with van der Waals surface area (Å²) in [6.07, 6.45) is 3.90. The Balaban J connectivity index is 1.06. The summed E-state index contributed by atoms with van der Waals surface area (Å²) >= 11 is 1.46. The first-order valence-corrected chi connectivity index (χ1v) is 17.0. The van der Waals surface area contributed by atoms with E-state index in [-0.39, 0.29) is 52.2 Å². The van der Waals surface area contributed by atoms with E-state index in [1.807, 2.05) is 67.3 Å². The number of para-hydroxylation sites is 1. The number of thioether (sulfide) groups is 1. The lowest BCUT2D eigenvalue weighted by Crippen LogP contribution is -2.62. The Morgan fingerprint density at radius 2 is 1.98 bits per heavy atom. The number of hydrogen-bond acceptors (Lipinski definition) is 8. The van der Waals surface area contributed by atoms with Crippen LogP contribution in [0.15, 0.2) is 70.8 Å². The molecule has 0 aromatic heterocycles. The molecular weight excluding hydrogens is 616 g/mol. The molecule has 2 aromatic rings. The zero-order valence-electron chi connectivity index (χ0n) is 26.5. The number of carbonyl (C=O) groups excluding carboxylic acids is 3. The van der Waals surface area contributed by atoms with E-state index in [2.05, 4.69) is 22.0 Å². The summed E-state index contributed by atoms with van der Waals surface area (Å²) in [6.45, 7) is 6.48. The summed E-state index contributed by atoms with van der Waals surface area (Å²) in [7, 11) is 0. The number of rotatable bonds is 7. The number of aryl methyl sites for hydroxylation is 1. The minimum absolute atomic E-state index is 0.0572. The summed E-state index contributed by atoms with van der Waals surface area (Å²) in [5.41, 5.74) is 2.20. The van der Waals surface area contributed by atoms with Crippen LogP contribution in [0, 0.1) is 29.6 Å². The maximum atomic E-state index is 13.8. The first kappa shape index (κ1) is 31.3. The number of piperidine rings is 2. The summed E-state index contributed by atoms with van der Waals surface area (Å²) in [6, 6.07) is 16.7. The van der Waals surface area contributed by atoms with Gasteiger partial charge < -0.3 is 30.3 Å². The maximum Gasteiger partial charge on any atom is 0.326 e. The Morgan fingerprint density at radius 3 is 2.70 bits per heavy atom. The molecule has 5 aliphatic rings. The molecule has 2 aromatic carbocycles. The number of urea groups is 1. The van der Waals surface area contributed by atoms with Crippen LogP contribution < -0.4 is 25.6 Å². The molecule has 0 saturated carbocycles. The van der Waals surface area contributed by atoms with Gasteiger partial charge in [-0.3, -0.25) is 14.5 Å². The van der Waals surface area contributed by atoms with Crippen LogP contribution in [0.2, 0.25) is 0 Å². The fraction of sp³-hybridized carbons (Fsp3) is 0.429. The molecule has 4 saturated heterocycles. The average Bonchev–Trinajstić information content (AvgIpc) is 3.43. The molecule has 4 atom stereocenters. The topological polar surface area (TPSA) is 136 Å². The number of nitrogens with zero attached hydrogens (tertiary/aromatic N) is 3. The first-order chi connectivity index (χ1) is 22.7. The predicted octanol–water partition coefficient (Wildman–Crippen LogP) is 4.17. The molecule has 11 nitrogen and oxygen atoms in total. The number of ether oxygens (including phenoxy) is 2. The van der Waals surface area contributed by atoms with Gasteiger partial charge >= 0.3 is 6.03 Å². The second-order valence-electron chi connectivity index (χ2n) is 13.2. The molecular formula is C35H38N6O5S. The van der Waals surface area contributed by atoms with E-state index >= 15 is 0 Å². The van der Waals surface area contributed by atoms with Gasteiger partial charge in [-0.25, -0.2) is 4.79 Å². The summed E-state index contributed by atoms with van der Waals surface area (Å²) in [5.74, 6) is 0.784. The third-order valence-corrected chi connectivity index (χ3v) is 10.9. The Kier molecular flexibility index (Phi) is 8.46. The molecule has 0 bridgehead atoms. The van der Waals surface area contributed by atoms with Crippen molar-refractivity contribution in [3.05, 3.63) is 76.3 Å². The van der Waals surface area contributed by atoms with Crippen molar-refractivity contribution in [1.29, 1.82) is 5.26 Å². The van der Waals surface area contributed by atoms with Gasteiger partial charge in [0.25, 0.3) is 11.8 Å². The van der Waals surface area contributed by atoms with Crippen LogP contribution in [0.5, 0.6) is 11.5 Å². The Morgan fingerprint density at radius 1 is 1.17 bits per heavy atom. The molecule has 3 unspecified atom stereocenters. The number of amides is 4. The lowest BCUT2D eigenvalue weighted by Gasteiger charge is -2.46. The summed E-state index contributed by atoms with van der Waals surface area (Å²) < 4.78 is 11.3. The van der Waals surface area contributed by atoms with Crippen molar-refractivity contribution in [3.63, 3.8) is 0 Å². The van der Waals surface area contributed by atoms with Crippen LogP contribution in [-0.4, -0.2) is 73.1 Å². The number of hydrogen-bond donors (Lipinski definition) is 3. The van der Waals surface area contributed by atoms with Crippen LogP contribution in [-0.2, 0) is 14.3 Å². The Labute approximate surface area is 278 Å². The maximum absolute atomic E-state index is 13.8. The van der Waals surface area contributed by atoms with Crippen molar-refractivity contribution in [3.8, 4) is 17.6 Å². The van der Waals surface area contributed by atoms with Crippen molar-refractivity contribution in [1.82, 2.24) is 20.9 Å². The molecule has 7 rings (SSSR count). The molecule has 3 N–H and O–H groups in total. The van der Waals surface area contributed by atoms with Crippen LogP contribution in [0.25, 0.3) is 0 Å². The SMILES string of the molecule is Cc1cc(Oc2ccccc2)ccc1N1C(=O)NC2=C(C(=O)N[C@@H]3CCCN(C(=O)/C(C#N)=C/C4(C)COC4)C3)SC3NCCC1C23. The van der Waals surface area contributed by atoms with Gasteiger partial charge in [0.05, 0.1) is 29.5 Å². The molecule has 0 radical (unpaired) electrons. The van der Waals surface area contributed by atoms with E-state index in [1.54, 1.807) is 11.0 Å². The van der Waals surface area contributed by atoms with E-state index in [0.29, 0.717) is 49.1 Å². The number of likely N-dealkylation sites (tertiary alicyclic amines) is 1. The van der Waals surface area contributed by atoms with Gasteiger partial charge in [-0.2, -0.15) is 5.26 Å². The lowest BCUT2D eigenvalue weighted by molar-refractivity contribution is -0.129. The number of benzene rings is 2. The predicted molar refractivity (Wildman–Crippen MR) is 177 cm³/mol. The highest BCUT2D eigenvalue weighted by Crippen LogP contribution is 2.48. The molecule has 12 heteroatoms. The molecule has 244 valence electrons. The van der Waals surface area contributed by atoms with Gasteiger partial charge in [0.15, 0.2) is 0 Å². The quantitative estimate of drug-likeness (QED) is 0.299. The zero-order chi connectivity index (χ0) is 32.7. The van der Waals surface area contributed by atoms with Crippen LogP contribution in [0.4, 0.5) is 10.5 Å². The highest BCUT2D eigenvalue weighted by atomic mass is 32.2. The smallest absolute Gasteiger partial charge is 0.326 e. The van der Waals surface area contributed by atoms with Crippen LogP contribution in [0.3, 0.4) is 0 Å². The highest BCUT2D eigenvalue weighted by molar-refractivity contribution is 8.04. The number of anilines is 1. The second kappa shape index (κ2) is 12.7. The van der Waals surface area contributed by atoms with Crippen molar-refractivity contribution >= 4 is 35.3 Å². The van der Waals surface area contributed by atoms with E-state index in [4.69, 9.17) is 9.47 Å². The monoisotopic (exact) mass is 654 g/mol. The Bertz CT molecular complexity index is 1700. The molecule has 47 heavy (non-hydrogen) atoms. The average molecular weight is 655 g/mol. The van der Waals surface area contributed by atoms with Gasteiger partial charge in [-0.05, 0) is 68.6 Å². The van der Waals surface area contributed by atoms with E-state index in [9.17, 15) is 19.6 Å². The van der Waals surface area contributed by atoms with Gasteiger partial charge in [-0.1, -0.05) is 43.0 Å². The number of nitriles is 1. The number of carbonyl (C=O) groups is 3. The summed E-state index contributed by atoms with van der Waals surface area (Å²) in [4.78, 5) is 44.8. The minimum atomic E-state index is -0.315. The molecule has 0 aliphatic carbocycles. The minimum Gasteiger partial charge on any atom is -0.457 e. The number of nitrogens with one attached hydrogen (secondary N) is 3. The largest absolute Gasteiger partial charge is 0.457 e. The van der Waals surface area contributed by atoms with Gasteiger partial charge in [-0.15, -0.1) is 0 Å². The molecule has 4 fully saturated rings. The van der Waals surface area contributed by atoms with Crippen molar-refractivity contribution < 1.29 is 23.9 Å². The second-order valence-corrected chi connectivity index (χ2v) is 14.3. The summed E-state index contributed by atoms with van der Waals surface area (Å²) in [5, 5.41) is 19.4. The van der Waals surface area contributed by atoms with Gasteiger partial charge in [0.2, 0.25) is 0 Å². The molecule has 5 aliphatic heterocycles. The highest BCUT2D eigenvalue weighted by Gasteiger charge is 2.52.